The summed E-state index contributed by atoms with van der Waals surface area (Å²) < 4.78 is 9.39. The molecule has 0 rings (SSSR count). The summed E-state index contributed by atoms with van der Waals surface area (Å²) in [5.74, 6) is 0. The second kappa shape index (κ2) is 10.2. The Kier molecular flexibility index (Phi) is 14.1. The maximum absolute atomic E-state index is 4.99. The van der Waals surface area contributed by atoms with E-state index in [0.717, 1.165) is 0 Å². The first-order valence-electron chi connectivity index (χ1n) is 2.18. The Morgan fingerprint density at radius 2 is 2.00 bits per heavy atom. The van der Waals surface area contributed by atoms with E-state index in [-0.39, 0.29) is 19.1 Å². The van der Waals surface area contributed by atoms with Crippen LogP contribution in [0.1, 0.15) is 0 Å². The molecule has 0 unspecified atom stereocenters. The highest BCUT2D eigenvalue weighted by molar-refractivity contribution is 5.85. The largest absolute Gasteiger partial charge is 0.382 e. The maximum atomic E-state index is 4.99. The van der Waals surface area contributed by atoms with Crippen molar-refractivity contribution >= 4 is 12.4 Å². The van der Waals surface area contributed by atoms with Crippen molar-refractivity contribution in [3.8, 4) is 0 Å². The number of rotatable bonds is 4. The molecule has 0 heterocycles. The van der Waals surface area contributed by atoms with E-state index in [0.29, 0.717) is 13.2 Å². The van der Waals surface area contributed by atoms with Gasteiger partial charge in [0.25, 0.3) is 0 Å². The van der Waals surface area contributed by atoms with Crippen LogP contribution in [0.2, 0.25) is 0 Å². The molecule has 0 aromatic heterocycles. The van der Waals surface area contributed by atoms with Gasteiger partial charge in [0, 0.05) is 7.11 Å². The molecule has 2 N–H and O–H groups in total. The van der Waals surface area contributed by atoms with Crippen molar-refractivity contribution < 1.29 is 9.47 Å². The fraction of sp³-hybridized carbons (Fsp3) is 1.00. The molecule has 0 aliphatic rings. The van der Waals surface area contributed by atoms with Crippen LogP contribution in [0, 0.1) is 0 Å². The fourth-order valence-electron chi connectivity index (χ4n) is 0.226. The van der Waals surface area contributed by atoms with E-state index >= 15 is 0 Å². The van der Waals surface area contributed by atoms with Crippen molar-refractivity contribution in [3.63, 3.8) is 0 Å². The van der Waals surface area contributed by atoms with Crippen LogP contribution in [-0.2, 0) is 9.47 Å². The molecular weight excluding hydrogens is 130 g/mol. The van der Waals surface area contributed by atoms with E-state index in [4.69, 9.17) is 10.5 Å². The number of methoxy groups -OCH3 is 1. The summed E-state index contributed by atoms with van der Waals surface area (Å²) in [5, 5.41) is 0. The minimum absolute atomic E-state index is 0. The molecule has 0 aliphatic carbocycles. The Hall–Kier alpha value is 0.170. The minimum atomic E-state index is 0. The number of hydrogen-bond acceptors (Lipinski definition) is 3. The zero-order valence-corrected chi connectivity index (χ0v) is 5.74. The lowest BCUT2D eigenvalue weighted by molar-refractivity contribution is 0.0741. The third kappa shape index (κ3) is 9.48. The molecule has 8 heavy (non-hydrogen) atoms. The normalized spacial score (nSPS) is 8.25. The van der Waals surface area contributed by atoms with Crippen LogP contribution in [0.3, 0.4) is 0 Å². The van der Waals surface area contributed by atoms with Gasteiger partial charge in [0.2, 0.25) is 0 Å². The minimum Gasteiger partial charge on any atom is -0.382 e. The van der Waals surface area contributed by atoms with Crippen molar-refractivity contribution in [2.45, 2.75) is 0 Å². The molecule has 0 aromatic carbocycles. The molecule has 4 heteroatoms. The highest BCUT2D eigenvalue weighted by Crippen LogP contribution is 1.68. The Bertz CT molecular complexity index is 33.2. The van der Waals surface area contributed by atoms with Crippen molar-refractivity contribution in [1.29, 1.82) is 0 Å². The van der Waals surface area contributed by atoms with Gasteiger partial charge in [-0.1, -0.05) is 0 Å². The number of ether oxygens (including phenoxy) is 2. The molecule has 0 amide bonds. The second-order valence-corrected chi connectivity index (χ2v) is 1.07. The number of nitrogens with two attached hydrogens (primary N) is 1. The molecule has 0 atom stereocenters. The van der Waals surface area contributed by atoms with Crippen LogP contribution in [0.4, 0.5) is 0 Å². The molecule has 0 aliphatic heterocycles. The zero-order valence-electron chi connectivity index (χ0n) is 4.92. The summed E-state index contributed by atoms with van der Waals surface area (Å²) in [5.41, 5.74) is 4.99. The van der Waals surface area contributed by atoms with Crippen LogP contribution in [0.5, 0.6) is 0 Å². The highest BCUT2D eigenvalue weighted by atomic mass is 35.5. The van der Waals surface area contributed by atoms with Gasteiger partial charge >= 0.3 is 0 Å². The molecule has 0 saturated carbocycles. The van der Waals surface area contributed by atoms with Gasteiger partial charge < -0.3 is 15.2 Å². The molecular formula is C4H12ClNO2. The fourth-order valence-corrected chi connectivity index (χ4v) is 0.226. The first kappa shape index (κ1) is 11.0. The van der Waals surface area contributed by atoms with Crippen molar-refractivity contribution in [3.05, 3.63) is 0 Å². The summed E-state index contributed by atoms with van der Waals surface area (Å²) in [6, 6.07) is 0. The molecule has 0 radical (unpaired) electrons. The molecule has 0 aromatic rings. The number of hydrogen-bond donors (Lipinski definition) is 1. The SMILES string of the molecule is COCCOCN.Cl. The predicted molar refractivity (Wildman–Crippen MR) is 34.1 cm³/mol. The van der Waals surface area contributed by atoms with E-state index in [1.54, 1.807) is 7.11 Å². The van der Waals surface area contributed by atoms with Gasteiger partial charge in [0.15, 0.2) is 0 Å². The van der Waals surface area contributed by atoms with Crippen molar-refractivity contribution in [2.75, 3.05) is 27.1 Å². The lowest BCUT2D eigenvalue weighted by Gasteiger charge is -1.96. The van der Waals surface area contributed by atoms with Gasteiger partial charge in [-0.2, -0.15) is 0 Å². The summed E-state index contributed by atoms with van der Waals surface area (Å²) in [7, 11) is 1.62. The summed E-state index contributed by atoms with van der Waals surface area (Å²) >= 11 is 0. The standard InChI is InChI=1S/C4H11NO2.ClH/c1-6-2-3-7-4-5;/h2-5H2,1H3;1H. The lowest BCUT2D eigenvalue weighted by atomic mass is 10.8. The van der Waals surface area contributed by atoms with E-state index in [1.807, 2.05) is 0 Å². The van der Waals surface area contributed by atoms with E-state index in [9.17, 15) is 0 Å². The lowest BCUT2D eigenvalue weighted by Crippen LogP contribution is -2.08. The van der Waals surface area contributed by atoms with Gasteiger partial charge in [-0.05, 0) is 0 Å². The monoisotopic (exact) mass is 141 g/mol. The van der Waals surface area contributed by atoms with Crippen LogP contribution >= 0.6 is 12.4 Å². The van der Waals surface area contributed by atoms with E-state index in [1.165, 1.54) is 0 Å². The van der Waals surface area contributed by atoms with Crippen LogP contribution in [0.25, 0.3) is 0 Å². The maximum Gasteiger partial charge on any atom is 0.0941 e. The first-order chi connectivity index (χ1) is 3.41. The Labute approximate surface area is 55.6 Å². The highest BCUT2D eigenvalue weighted by Gasteiger charge is 1.78. The Morgan fingerprint density at radius 1 is 1.38 bits per heavy atom. The average Bonchev–Trinajstić information content (AvgIpc) is 1.69. The van der Waals surface area contributed by atoms with Gasteiger partial charge in [-0.3, -0.25) is 0 Å². The molecule has 0 fully saturated rings. The van der Waals surface area contributed by atoms with Gasteiger partial charge in [0.05, 0.1) is 19.9 Å². The smallest absolute Gasteiger partial charge is 0.0941 e. The van der Waals surface area contributed by atoms with Gasteiger partial charge in [-0.15, -0.1) is 12.4 Å². The predicted octanol–water partition coefficient (Wildman–Crippen LogP) is -0.0126. The third-order valence-electron chi connectivity index (χ3n) is 0.550. The third-order valence-corrected chi connectivity index (χ3v) is 0.550. The van der Waals surface area contributed by atoms with Crippen LogP contribution < -0.4 is 5.73 Å². The molecule has 3 nitrogen and oxygen atoms in total. The van der Waals surface area contributed by atoms with Gasteiger partial charge in [0.1, 0.15) is 0 Å². The quantitative estimate of drug-likeness (QED) is 0.443. The zero-order chi connectivity index (χ0) is 5.54. The summed E-state index contributed by atoms with van der Waals surface area (Å²) in [6.45, 7) is 1.49. The van der Waals surface area contributed by atoms with Crippen LogP contribution in [-0.4, -0.2) is 27.1 Å². The van der Waals surface area contributed by atoms with Crippen molar-refractivity contribution in [2.24, 2.45) is 5.73 Å². The molecule has 0 bridgehead atoms. The molecule has 0 spiro atoms. The Balaban J connectivity index is 0. The number of halogens is 1. The summed E-state index contributed by atoms with van der Waals surface area (Å²) in [6.07, 6.45) is 0. The second-order valence-electron chi connectivity index (χ2n) is 1.07. The average molecular weight is 142 g/mol. The van der Waals surface area contributed by atoms with E-state index < -0.39 is 0 Å². The van der Waals surface area contributed by atoms with E-state index in [2.05, 4.69) is 4.74 Å². The Morgan fingerprint density at radius 3 is 2.38 bits per heavy atom. The topological polar surface area (TPSA) is 44.5 Å². The van der Waals surface area contributed by atoms with Crippen LogP contribution in [0.15, 0.2) is 0 Å². The van der Waals surface area contributed by atoms with Gasteiger partial charge in [-0.25, -0.2) is 0 Å². The summed E-state index contributed by atoms with van der Waals surface area (Å²) in [4.78, 5) is 0. The van der Waals surface area contributed by atoms with Crippen molar-refractivity contribution in [1.82, 2.24) is 0 Å². The molecule has 0 saturated heterocycles. The first-order valence-corrected chi connectivity index (χ1v) is 2.18. The molecule has 52 valence electrons.